The minimum atomic E-state index is -1.53. The Morgan fingerprint density at radius 1 is 0.783 bits per heavy atom. The molecule has 0 aromatic rings. The summed E-state index contributed by atoms with van der Waals surface area (Å²) in [6.07, 6.45) is 0. The van der Waals surface area contributed by atoms with Crippen LogP contribution in [0.3, 0.4) is 0 Å². The van der Waals surface area contributed by atoms with Gasteiger partial charge in [0.25, 0.3) is 0 Å². The second-order valence-electron chi connectivity index (χ2n) is 4.41. The summed E-state index contributed by atoms with van der Waals surface area (Å²) in [5.74, 6) is -6.13. The quantitative estimate of drug-likeness (QED) is 0.278. The first-order valence-corrected chi connectivity index (χ1v) is 5.87. The average molecular weight is 447 g/mol. The van der Waals surface area contributed by atoms with Crippen molar-refractivity contribution in [3.8, 4) is 0 Å². The molecule has 0 spiro atoms. The molecule has 0 bridgehead atoms. The van der Waals surface area contributed by atoms with E-state index in [1.807, 2.05) is 0 Å². The molecule has 0 aromatic carbocycles. The van der Waals surface area contributed by atoms with Crippen molar-refractivity contribution in [2.45, 2.75) is 13.0 Å². The molecule has 122 valence electrons. The summed E-state index contributed by atoms with van der Waals surface area (Å²) in [4.78, 5) is 44.0. The first-order chi connectivity index (χ1) is 9.61. The maximum atomic E-state index is 10.5. The summed E-state index contributed by atoms with van der Waals surface area (Å²) >= 11 is 0. The van der Waals surface area contributed by atoms with Gasteiger partial charge in [-0.15, -0.1) is 0 Å². The Morgan fingerprint density at radius 2 is 1.09 bits per heavy atom. The molecule has 0 aliphatic rings. The summed E-state index contributed by atoms with van der Waals surface area (Å²) in [7, 11) is 0. The molecular weight excluding hydrogens is 433 g/mol. The van der Waals surface area contributed by atoms with Crippen molar-refractivity contribution in [2.24, 2.45) is 0 Å². The number of carbonyl (C=O) groups excluding carboxylic acids is 4. The molecule has 0 rings (SSSR count). The fraction of sp³-hybridized carbons (Fsp3) is 0.636. The third kappa shape index (κ3) is 14.9. The number of carbonyl (C=O) groups is 4. The van der Waals surface area contributed by atoms with E-state index in [0.29, 0.717) is 0 Å². The van der Waals surface area contributed by atoms with Crippen LogP contribution in [-0.2, 0) is 19.2 Å². The van der Waals surface area contributed by atoms with Gasteiger partial charge < -0.3 is 39.6 Å². The van der Waals surface area contributed by atoms with Crippen molar-refractivity contribution >= 4 is 48.3 Å². The molecule has 12 heteroatoms. The molecule has 0 aliphatic heterocycles. The van der Waals surface area contributed by atoms with E-state index in [2.05, 4.69) is 0 Å². The van der Waals surface area contributed by atoms with Crippen molar-refractivity contribution < 1.29 is 69.2 Å². The first kappa shape index (κ1) is 27.5. The van der Waals surface area contributed by atoms with Crippen LogP contribution in [0, 0.1) is 0 Å². The van der Waals surface area contributed by atoms with E-state index in [0.717, 1.165) is 9.80 Å². The normalized spacial score (nSPS) is 11.3. The minimum Gasteiger partial charge on any atom is -0.549 e. The standard InChI is InChI=1S/C11H18N2O8.Na.Sb/c1-7(13(5-10(18)19)6-11(20)21)2-12(3-8(14)15)4-9(16)17;;/h7H,2-6H2,1H3,(H,14,15)(H,16,17)(H,18,19)(H,20,21);;/q;+1;+3/p-4. The molecule has 23 heavy (non-hydrogen) atoms. The molecule has 0 aromatic heterocycles. The fourth-order valence-corrected chi connectivity index (χ4v) is 1.74. The zero-order valence-corrected chi connectivity index (χ0v) is 17.3. The Balaban J connectivity index is -0.00000200. The predicted molar refractivity (Wildman–Crippen MR) is 63.3 cm³/mol. The van der Waals surface area contributed by atoms with E-state index in [9.17, 15) is 39.6 Å². The Labute approximate surface area is 172 Å². The van der Waals surface area contributed by atoms with Crippen LogP contribution >= 0.6 is 0 Å². The number of nitrogens with zero attached hydrogens (tertiary/aromatic N) is 2. The summed E-state index contributed by atoms with van der Waals surface area (Å²) in [6.45, 7) is -1.70. The molecule has 0 amide bonds. The molecule has 1 unspecified atom stereocenters. The Bertz CT molecular complexity index is 391. The molecule has 1 atom stereocenters. The summed E-state index contributed by atoms with van der Waals surface area (Å²) in [5.41, 5.74) is 0. The molecule has 0 saturated carbocycles. The van der Waals surface area contributed by atoms with Crippen LogP contribution in [0.15, 0.2) is 0 Å². The SMILES string of the molecule is CC(CN(CC(=O)[O-])CC(=O)[O-])N(CC(=O)[O-])CC(=O)[O-].[Na+].[Sb+3]. The van der Waals surface area contributed by atoms with Crippen LogP contribution in [0.4, 0.5) is 0 Å². The Morgan fingerprint density at radius 3 is 1.35 bits per heavy atom. The van der Waals surface area contributed by atoms with Gasteiger partial charge in [-0.2, -0.15) is 0 Å². The second kappa shape index (κ2) is 14.0. The molecule has 10 nitrogen and oxygen atoms in total. The predicted octanol–water partition coefficient (Wildman–Crippen LogP) is -10.4. The van der Waals surface area contributed by atoms with Gasteiger partial charge in [0, 0.05) is 38.8 Å². The van der Waals surface area contributed by atoms with Crippen LogP contribution < -0.4 is 50.0 Å². The van der Waals surface area contributed by atoms with Crippen molar-refractivity contribution in [1.29, 1.82) is 0 Å². The maximum absolute atomic E-state index is 10.5. The van der Waals surface area contributed by atoms with E-state index < -0.39 is 56.1 Å². The van der Waals surface area contributed by atoms with Gasteiger partial charge in [-0.25, -0.2) is 0 Å². The molecule has 0 aliphatic carbocycles. The molecule has 0 N–H and O–H groups in total. The van der Waals surface area contributed by atoms with Gasteiger partial charge >= 0.3 is 54.0 Å². The first-order valence-electron chi connectivity index (χ1n) is 5.87. The van der Waals surface area contributed by atoms with Gasteiger partial charge in [-0.3, -0.25) is 9.80 Å². The van der Waals surface area contributed by atoms with Gasteiger partial charge in [0.15, 0.2) is 0 Å². The molecule has 2 radical (unpaired) electrons. The summed E-state index contributed by atoms with van der Waals surface area (Å²) in [5, 5.41) is 42.1. The Hall–Kier alpha value is -0.382. The smallest absolute Gasteiger partial charge is 0.549 e. The van der Waals surface area contributed by atoms with E-state index in [-0.39, 0.29) is 60.5 Å². The largest absolute Gasteiger partial charge is 3.00 e. The summed E-state index contributed by atoms with van der Waals surface area (Å²) < 4.78 is 0. The third-order valence-corrected chi connectivity index (χ3v) is 2.52. The number of hydrogen-bond donors (Lipinski definition) is 0. The Kier molecular flexibility index (Phi) is 16.7. The number of hydrogen-bond acceptors (Lipinski definition) is 10. The average Bonchev–Trinajstić information content (AvgIpc) is 2.24. The number of aliphatic carboxylic acids is 4. The van der Waals surface area contributed by atoms with E-state index in [4.69, 9.17) is 0 Å². The van der Waals surface area contributed by atoms with Crippen LogP contribution in [-0.4, -0.2) is 96.9 Å². The zero-order valence-electron chi connectivity index (χ0n) is 12.7. The van der Waals surface area contributed by atoms with Gasteiger partial charge in [0.2, 0.25) is 0 Å². The van der Waals surface area contributed by atoms with E-state index in [1.165, 1.54) is 6.92 Å². The van der Waals surface area contributed by atoms with Gasteiger partial charge in [0.05, 0.1) is 23.9 Å². The monoisotopic (exact) mass is 446 g/mol. The van der Waals surface area contributed by atoms with Gasteiger partial charge in [-0.05, 0) is 6.92 Å². The fourth-order valence-electron chi connectivity index (χ4n) is 1.74. The minimum absolute atomic E-state index is 0. The van der Waals surface area contributed by atoms with Crippen molar-refractivity contribution in [1.82, 2.24) is 9.80 Å². The number of carboxylic acids is 4. The van der Waals surface area contributed by atoms with Crippen LogP contribution in [0.1, 0.15) is 6.92 Å². The van der Waals surface area contributed by atoms with Crippen LogP contribution in [0.25, 0.3) is 0 Å². The number of carboxylic acid groups (broad SMARTS) is 4. The zero-order chi connectivity index (χ0) is 16.6. The van der Waals surface area contributed by atoms with Crippen molar-refractivity contribution in [3.05, 3.63) is 0 Å². The van der Waals surface area contributed by atoms with Crippen molar-refractivity contribution in [2.75, 3.05) is 32.7 Å². The third-order valence-electron chi connectivity index (χ3n) is 2.52. The molecule has 0 heterocycles. The van der Waals surface area contributed by atoms with E-state index >= 15 is 0 Å². The van der Waals surface area contributed by atoms with Crippen LogP contribution in [0.5, 0.6) is 0 Å². The van der Waals surface area contributed by atoms with E-state index in [1.54, 1.807) is 0 Å². The summed E-state index contributed by atoms with van der Waals surface area (Å²) in [6, 6.07) is -0.778. The second-order valence-corrected chi connectivity index (χ2v) is 4.41. The molecule has 0 saturated heterocycles. The topological polar surface area (TPSA) is 167 Å². The van der Waals surface area contributed by atoms with Gasteiger partial charge in [-0.1, -0.05) is 0 Å². The van der Waals surface area contributed by atoms with Gasteiger partial charge in [0.1, 0.15) is 0 Å². The molecular formula is C11H14N2NaO8Sb. The van der Waals surface area contributed by atoms with Crippen molar-refractivity contribution in [3.63, 3.8) is 0 Å². The van der Waals surface area contributed by atoms with Crippen LogP contribution in [0.2, 0.25) is 0 Å². The number of rotatable bonds is 11. The molecule has 0 fully saturated rings. The maximum Gasteiger partial charge on any atom is 3.00 e.